The van der Waals surface area contributed by atoms with Crippen molar-refractivity contribution in [3.63, 3.8) is 0 Å². The van der Waals surface area contributed by atoms with Crippen molar-refractivity contribution in [2.24, 2.45) is 0 Å². The third-order valence-corrected chi connectivity index (χ3v) is 2.48. The van der Waals surface area contributed by atoms with Gasteiger partial charge >= 0.3 is 0 Å². The first-order valence-corrected chi connectivity index (χ1v) is 5.76. The van der Waals surface area contributed by atoms with Gasteiger partial charge in [-0.15, -0.1) is 8.86 Å². The Morgan fingerprint density at radius 1 is 1.62 bits per heavy atom. The molecule has 1 aromatic heterocycles. The fourth-order valence-corrected chi connectivity index (χ4v) is 1.56. The Labute approximate surface area is 97.6 Å². The summed E-state index contributed by atoms with van der Waals surface area (Å²) < 4.78 is 1.99. The summed E-state index contributed by atoms with van der Waals surface area (Å²) in [7, 11) is 3.20. The number of nitrogens with one attached hydrogen (secondary N) is 1. The lowest BCUT2D eigenvalue weighted by Gasteiger charge is -2.05. The van der Waals surface area contributed by atoms with Crippen LogP contribution in [0.4, 0.5) is 0 Å². The van der Waals surface area contributed by atoms with Gasteiger partial charge in [0.15, 0.2) is 0 Å². The minimum atomic E-state index is -0.0527. The van der Waals surface area contributed by atoms with Crippen LogP contribution in [0.1, 0.15) is 13.3 Å². The van der Waals surface area contributed by atoms with Gasteiger partial charge in [-0.1, -0.05) is 6.08 Å². The molecule has 1 N–H and O–H groups in total. The highest BCUT2D eigenvalue weighted by atomic mass is 31.0. The molecule has 0 saturated heterocycles. The third kappa shape index (κ3) is 3.99. The van der Waals surface area contributed by atoms with E-state index in [1.54, 1.807) is 24.4 Å². The van der Waals surface area contributed by atoms with Gasteiger partial charge in [-0.3, -0.25) is 4.79 Å². The molecular weight excluding hydrogens is 221 g/mol. The number of hydrogen-bond donors (Lipinski definition) is 1. The lowest BCUT2D eigenvalue weighted by atomic mass is 10.2. The summed E-state index contributed by atoms with van der Waals surface area (Å²) in [4.78, 5) is 15.5. The van der Waals surface area contributed by atoms with E-state index in [1.807, 2.05) is 17.7 Å². The molecule has 0 spiro atoms. The zero-order valence-electron chi connectivity index (χ0n) is 9.31. The van der Waals surface area contributed by atoms with Crippen molar-refractivity contribution in [3.8, 4) is 0 Å². The maximum absolute atomic E-state index is 11.5. The van der Waals surface area contributed by atoms with E-state index in [-0.39, 0.29) is 5.91 Å². The van der Waals surface area contributed by atoms with Crippen molar-refractivity contribution in [3.05, 3.63) is 30.4 Å². The van der Waals surface area contributed by atoms with Crippen molar-refractivity contribution >= 4 is 20.6 Å². The summed E-state index contributed by atoms with van der Waals surface area (Å²) >= 11 is 0. The average molecular weight is 237 g/mol. The Balaban J connectivity index is 2.21. The molecule has 0 saturated carbocycles. The van der Waals surface area contributed by atoms with E-state index in [1.165, 1.54) is 0 Å². The summed E-state index contributed by atoms with van der Waals surface area (Å²) in [5.74, 6) is 1.56. The molecule has 0 aliphatic rings. The molecule has 1 rings (SSSR count). The number of imidazole rings is 1. The minimum absolute atomic E-state index is 0.0527. The minimum Gasteiger partial charge on any atom is -0.352 e. The van der Waals surface area contributed by atoms with Gasteiger partial charge in [-0.05, 0) is 19.1 Å². The number of aryl methyl sites for hydroxylation is 1. The van der Waals surface area contributed by atoms with Gasteiger partial charge in [0.1, 0.15) is 0 Å². The number of aromatic nitrogens is 2. The highest BCUT2D eigenvalue weighted by Crippen LogP contribution is 1.93. The summed E-state index contributed by atoms with van der Waals surface area (Å²) in [6, 6.07) is 0. The fourth-order valence-electron chi connectivity index (χ4n) is 1.26. The topological polar surface area (TPSA) is 46.9 Å². The molecule has 86 valence electrons. The van der Waals surface area contributed by atoms with Crippen molar-refractivity contribution in [2.45, 2.75) is 19.9 Å². The number of nitrogens with zero attached hydrogens (tertiary/aromatic N) is 2. The first kappa shape index (κ1) is 12.7. The van der Waals surface area contributed by atoms with E-state index in [2.05, 4.69) is 19.2 Å². The second-order valence-corrected chi connectivity index (χ2v) is 3.59. The maximum Gasteiger partial charge on any atom is 0.251 e. The van der Waals surface area contributed by atoms with Crippen molar-refractivity contribution in [2.75, 3.05) is 6.54 Å². The number of hydrogen-bond acceptors (Lipinski definition) is 2. The quantitative estimate of drug-likeness (QED) is 0.460. The van der Waals surface area contributed by atoms with Crippen molar-refractivity contribution < 1.29 is 4.79 Å². The van der Waals surface area contributed by atoms with Crippen LogP contribution in [-0.4, -0.2) is 27.8 Å². The molecule has 0 unspecified atom stereocenters. The fraction of sp³-hybridized carbons (Fsp3) is 0.364. The molecular formula is C11H16N3OP. The number of carbonyl (C=O) groups excluding carboxylic acids is 1. The standard InChI is InChI=1S/C11H16N3OP/c1-2-10(8-16)11(15)13-4-3-6-14-7-5-12-9-14/h2,5,7-9,16H,3-4,6H2,1H3,(H,13,15)/b10-2+. The number of carbonyl (C=O) groups is 1. The van der Waals surface area contributed by atoms with Crippen LogP contribution in [0, 0.1) is 0 Å². The van der Waals surface area contributed by atoms with Crippen LogP contribution in [0.5, 0.6) is 0 Å². The van der Waals surface area contributed by atoms with Crippen LogP contribution < -0.4 is 5.32 Å². The van der Waals surface area contributed by atoms with Crippen LogP contribution in [0.3, 0.4) is 0 Å². The van der Waals surface area contributed by atoms with Crippen molar-refractivity contribution in [1.82, 2.24) is 14.9 Å². The predicted octanol–water partition coefficient (Wildman–Crippen LogP) is 1.28. The molecule has 0 fully saturated rings. The molecule has 1 amide bonds. The SMILES string of the molecule is C/C=C(\C=P)C(=O)NCCCn1ccnc1. The Morgan fingerprint density at radius 3 is 3.00 bits per heavy atom. The summed E-state index contributed by atoms with van der Waals surface area (Å²) in [6.45, 7) is 3.36. The molecule has 16 heavy (non-hydrogen) atoms. The molecule has 1 aromatic rings. The van der Waals surface area contributed by atoms with E-state index in [0.717, 1.165) is 13.0 Å². The van der Waals surface area contributed by atoms with E-state index >= 15 is 0 Å². The van der Waals surface area contributed by atoms with Gasteiger partial charge in [-0.25, -0.2) is 4.98 Å². The molecule has 0 aliphatic carbocycles. The number of amides is 1. The average Bonchev–Trinajstić information content (AvgIpc) is 2.79. The van der Waals surface area contributed by atoms with Gasteiger partial charge in [0.25, 0.3) is 5.91 Å². The molecule has 0 aromatic carbocycles. The highest BCUT2D eigenvalue weighted by Gasteiger charge is 2.02. The second-order valence-electron chi connectivity index (χ2n) is 3.30. The smallest absolute Gasteiger partial charge is 0.251 e. The predicted molar refractivity (Wildman–Crippen MR) is 68.0 cm³/mol. The van der Waals surface area contributed by atoms with Gasteiger partial charge < -0.3 is 9.88 Å². The van der Waals surface area contributed by atoms with E-state index in [0.29, 0.717) is 12.1 Å². The molecule has 1 heterocycles. The van der Waals surface area contributed by atoms with Crippen LogP contribution in [0.15, 0.2) is 30.4 Å². The van der Waals surface area contributed by atoms with Crippen LogP contribution in [-0.2, 0) is 11.3 Å². The van der Waals surface area contributed by atoms with Crippen LogP contribution >= 0.6 is 8.86 Å². The number of rotatable bonds is 6. The summed E-state index contributed by atoms with van der Waals surface area (Å²) in [5, 5.41) is 2.84. The Morgan fingerprint density at radius 2 is 2.44 bits per heavy atom. The zero-order valence-corrected chi connectivity index (χ0v) is 10.3. The Kier molecular flexibility index (Phi) is 5.51. The summed E-state index contributed by atoms with van der Waals surface area (Å²) in [5.41, 5.74) is 0.638. The maximum atomic E-state index is 11.5. The van der Waals surface area contributed by atoms with Gasteiger partial charge in [0, 0.05) is 31.1 Å². The first-order chi connectivity index (χ1) is 7.77. The molecule has 0 bridgehead atoms. The lowest BCUT2D eigenvalue weighted by Crippen LogP contribution is -2.26. The molecule has 4 nitrogen and oxygen atoms in total. The summed E-state index contributed by atoms with van der Waals surface area (Å²) in [6.07, 6.45) is 8.07. The molecule has 0 radical (unpaired) electrons. The molecule has 0 aliphatic heterocycles. The van der Waals surface area contributed by atoms with Gasteiger partial charge in [-0.2, -0.15) is 0 Å². The third-order valence-electron chi connectivity index (χ3n) is 2.17. The highest BCUT2D eigenvalue weighted by molar-refractivity contribution is 7.19. The lowest BCUT2D eigenvalue weighted by molar-refractivity contribution is -0.116. The first-order valence-electron chi connectivity index (χ1n) is 5.18. The number of allylic oxidation sites excluding steroid dienone is 1. The van der Waals surface area contributed by atoms with Crippen LogP contribution in [0.2, 0.25) is 0 Å². The molecule has 5 heteroatoms. The normalized spacial score (nSPS) is 11.2. The van der Waals surface area contributed by atoms with Gasteiger partial charge in [0.2, 0.25) is 0 Å². The van der Waals surface area contributed by atoms with Crippen molar-refractivity contribution in [1.29, 1.82) is 0 Å². The van der Waals surface area contributed by atoms with E-state index < -0.39 is 0 Å². The molecule has 0 atom stereocenters. The largest absolute Gasteiger partial charge is 0.352 e. The van der Waals surface area contributed by atoms with Gasteiger partial charge in [0.05, 0.1) is 6.33 Å². The van der Waals surface area contributed by atoms with Crippen LogP contribution in [0.25, 0.3) is 0 Å². The Hall–Kier alpha value is -1.41. The monoisotopic (exact) mass is 237 g/mol. The second kappa shape index (κ2) is 6.96. The Bertz CT molecular complexity index is 371. The van der Waals surface area contributed by atoms with E-state index in [4.69, 9.17) is 0 Å². The zero-order chi connectivity index (χ0) is 11.8. The van der Waals surface area contributed by atoms with E-state index in [9.17, 15) is 4.79 Å².